The first-order valence-electron chi connectivity index (χ1n) is 8.07. The van der Waals surface area contributed by atoms with Gasteiger partial charge in [-0.3, -0.25) is 4.79 Å². The average Bonchev–Trinajstić information content (AvgIpc) is 2.47. The Morgan fingerprint density at radius 2 is 1.91 bits per heavy atom. The maximum Gasteiger partial charge on any atom is 0.255 e. The van der Waals surface area contributed by atoms with E-state index < -0.39 is 0 Å². The van der Waals surface area contributed by atoms with Crippen molar-refractivity contribution in [1.82, 2.24) is 10.6 Å². The Morgan fingerprint density at radius 3 is 2.59 bits per heavy atom. The molecule has 1 aromatic rings. The largest absolute Gasteiger partial charge is 0.490 e. The Hall–Kier alpha value is -1.26. The maximum absolute atomic E-state index is 12.3. The van der Waals surface area contributed by atoms with Crippen LogP contribution in [-0.4, -0.2) is 31.6 Å². The molecule has 1 saturated carbocycles. The van der Waals surface area contributed by atoms with Crippen molar-refractivity contribution < 1.29 is 9.53 Å². The zero-order valence-electron chi connectivity index (χ0n) is 12.8. The Labute approximate surface area is 138 Å². The van der Waals surface area contributed by atoms with Crippen LogP contribution >= 0.6 is 12.4 Å². The van der Waals surface area contributed by atoms with Crippen molar-refractivity contribution in [2.45, 2.75) is 38.2 Å². The van der Waals surface area contributed by atoms with Crippen LogP contribution < -0.4 is 15.4 Å². The summed E-state index contributed by atoms with van der Waals surface area (Å²) in [7, 11) is 0. The molecule has 0 bridgehead atoms. The maximum atomic E-state index is 12.3. The van der Waals surface area contributed by atoms with Crippen LogP contribution in [0.25, 0.3) is 0 Å². The van der Waals surface area contributed by atoms with Gasteiger partial charge >= 0.3 is 0 Å². The van der Waals surface area contributed by atoms with Crippen molar-refractivity contribution >= 4 is 18.3 Å². The van der Waals surface area contributed by atoms with Gasteiger partial charge in [-0.1, -0.05) is 18.6 Å². The van der Waals surface area contributed by atoms with E-state index in [1.54, 1.807) is 0 Å². The van der Waals surface area contributed by atoms with Crippen molar-refractivity contribution in [3.8, 4) is 5.75 Å². The Kier molecular flexibility index (Phi) is 6.52. The number of rotatable bonds is 5. The number of carbonyl (C=O) groups excluding carboxylic acids is 1. The van der Waals surface area contributed by atoms with E-state index in [2.05, 4.69) is 10.6 Å². The molecule has 4 nitrogen and oxygen atoms in total. The number of para-hydroxylation sites is 1. The Balaban J connectivity index is 0.00000176. The lowest BCUT2D eigenvalue weighted by atomic mass is 9.97. The van der Waals surface area contributed by atoms with Crippen LogP contribution in [0.2, 0.25) is 0 Å². The summed E-state index contributed by atoms with van der Waals surface area (Å²) in [5.41, 5.74) is 0.662. The number of nitrogens with one attached hydrogen (secondary N) is 2. The monoisotopic (exact) mass is 324 g/mol. The quantitative estimate of drug-likeness (QED) is 0.875. The third-order valence-corrected chi connectivity index (χ3v) is 4.39. The average molecular weight is 325 g/mol. The standard InChI is InChI=1S/C17H24N2O2.ClH/c20-17(19-12-13-10-18-11-13)15-8-4-5-9-16(15)21-14-6-2-1-3-7-14;/h4-5,8-9,13-14,18H,1-3,6-7,10-12H2,(H,19,20);1H. The summed E-state index contributed by atoms with van der Waals surface area (Å²) in [5, 5.41) is 6.23. The molecule has 0 radical (unpaired) electrons. The number of amides is 1. The molecule has 122 valence electrons. The third-order valence-electron chi connectivity index (χ3n) is 4.39. The molecule has 0 atom stereocenters. The van der Waals surface area contributed by atoms with E-state index in [0.717, 1.165) is 38.2 Å². The van der Waals surface area contributed by atoms with Crippen LogP contribution in [0.15, 0.2) is 24.3 Å². The molecular weight excluding hydrogens is 300 g/mol. The van der Waals surface area contributed by atoms with Gasteiger partial charge < -0.3 is 15.4 Å². The molecule has 22 heavy (non-hydrogen) atoms. The highest BCUT2D eigenvalue weighted by Gasteiger charge is 2.21. The van der Waals surface area contributed by atoms with Crippen LogP contribution in [0.1, 0.15) is 42.5 Å². The summed E-state index contributed by atoms with van der Waals surface area (Å²) < 4.78 is 6.08. The zero-order valence-corrected chi connectivity index (χ0v) is 13.7. The summed E-state index contributed by atoms with van der Waals surface area (Å²) >= 11 is 0. The first-order valence-corrected chi connectivity index (χ1v) is 8.07. The van der Waals surface area contributed by atoms with Gasteiger partial charge in [0.25, 0.3) is 5.91 Å². The van der Waals surface area contributed by atoms with E-state index in [0.29, 0.717) is 11.5 Å². The van der Waals surface area contributed by atoms with Crippen molar-refractivity contribution in [3.63, 3.8) is 0 Å². The number of hydrogen-bond donors (Lipinski definition) is 2. The number of carbonyl (C=O) groups is 1. The van der Waals surface area contributed by atoms with Crippen LogP contribution in [0.3, 0.4) is 0 Å². The van der Waals surface area contributed by atoms with E-state index in [4.69, 9.17) is 4.74 Å². The van der Waals surface area contributed by atoms with Crippen molar-refractivity contribution in [3.05, 3.63) is 29.8 Å². The van der Waals surface area contributed by atoms with Gasteiger partial charge in [0.1, 0.15) is 5.75 Å². The number of benzene rings is 1. The second kappa shape index (κ2) is 8.39. The van der Waals surface area contributed by atoms with Gasteiger partial charge in [0.05, 0.1) is 11.7 Å². The molecule has 0 aromatic heterocycles. The molecule has 2 N–H and O–H groups in total. The van der Waals surface area contributed by atoms with Gasteiger partial charge in [0.2, 0.25) is 0 Å². The van der Waals surface area contributed by atoms with Gasteiger partial charge in [-0.2, -0.15) is 0 Å². The summed E-state index contributed by atoms with van der Waals surface area (Å²) in [6.07, 6.45) is 6.23. The van der Waals surface area contributed by atoms with Gasteiger partial charge in [0.15, 0.2) is 0 Å². The molecular formula is C17H25ClN2O2. The van der Waals surface area contributed by atoms with E-state index >= 15 is 0 Å². The van der Waals surface area contributed by atoms with E-state index in [9.17, 15) is 4.79 Å². The van der Waals surface area contributed by atoms with Crippen molar-refractivity contribution in [2.24, 2.45) is 5.92 Å². The topological polar surface area (TPSA) is 50.4 Å². The first kappa shape index (κ1) is 17.1. The molecule has 1 saturated heterocycles. The Bertz CT molecular complexity index is 485. The fourth-order valence-corrected chi connectivity index (χ4v) is 2.94. The summed E-state index contributed by atoms with van der Waals surface area (Å²) in [5.74, 6) is 1.28. The first-order chi connectivity index (χ1) is 10.3. The number of ether oxygens (including phenoxy) is 1. The van der Waals surface area contributed by atoms with E-state index in [-0.39, 0.29) is 24.4 Å². The molecule has 0 unspecified atom stereocenters. The van der Waals surface area contributed by atoms with Gasteiger partial charge in [0, 0.05) is 25.6 Å². The predicted octanol–water partition coefficient (Wildman–Crippen LogP) is 2.77. The third kappa shape index (κ3) is 4.37. The molecule has 5 heteroatoms. The number of halogens is 1. The summed E-state index contributed by atoms with van der Waals surface area (Å²) in [6, 6.07) is 7.60. The second-order valence-electron chi connectivity index (χ2n) is 6.11. The zero-order chi connectivity index (χ0) is 14.5. The molecule has 0 spiro atoms. The minimum absolute atomic E-state index is 0. The van der Waals surface area contributed by atoms with E-state index in [1.807, 2.05) is 24.3 Å². The molecule has 1 aliphatic carbocycles. The van der Waals surface area contributed by atoms with Gasteiger partial charge in [-0.15, -0.1) is 12.4 Å². The number of hydrogen-bond acceptors (Lipinski definition) is 3. The van der Waals surface area contributed by atoms with Crippen LogP contribution in [0, 0.1) is 5.92 Å². The molecule has 1 aliphatic heterocycles. The lowest BCUT2D eigenvalue weighted by molar-refractivity contribution is 0.0930. The van der Waals surface area contributed by atoms with Crippen LogP contribution in [-0.2, 0) is 0 Å². The second-order valence-corrected chi connectivity index (χ2v) is 6.11. The summed E-state index contributed by atoms with van der Waals surface area (Å²) in [6.45, 7) is 2.74. The lowest BCUT2D eigenvalue weighted by Gasteiger charge is -2.27. The molecule has 2 aliphatic rings. The fourth-order valence-electron chi connectivity index (χ4n) is 2.94. The van der Waals surface area contributed by atoms with Crippen molar-refractivity contribution in [2.75, 3.05) is 19.6 Å². The fraction of sp³-hybridized carbons (Fsp3) is 0.588. The van der Waals surface area contributed by atoms with Crippen LogP contribution in [0.5, 0.6) is 5.75 Å². The van der Waals surface area contributed by atoms with Gasteiger partial charge in [-0.25, -0.2) is 0 Å². The minimum Gasteiger partial charge on any atom is -0.490 e. The lowest BCUT2D eigenvalue weighted by Crippen LogP contribution is -2.48. The summed E-state index contributed by atoms with van der Waals surface area (Å²) in [4.78, 5) is 12.3. The highest BCUT2D eigenvalue weighted by atomic mass is 35.5. The highest BCUT2D eigenvalue weighted by Crippen LogP contribution is 2.26. The molecule has 1 heterocycles. The minimum atomic E-state index is -0.0201. The molecule has 1 amide bonds. The highest BCUT2D eigenvalue weighted by molar-refractivity contribution is 5.96. The normalized spacial score (nSPS) is 18.9. The van der Waals surface area contributed by atoms with Crippen molar-refractivity contribution in [1.29, 1.82) is 0 Å². The van der Waals surface area contributed by atoms with E-state index in [1.165, 1.54) is 19.3 Å². The molecule has 1 aromatic carbocycles. The molecule has 2 fully saturated rings. The molecule has 3 rings (SSSR count). The predicted molar refractivity (Wildman–Crippen MR) is 89.9 cm³/mol. The van der Waals surface area contributed by atoms with Crippen LogP contribution in [0.4, 0.5) is 0 Å². The smallest absolute Gasteiger partial charge is 0.255 e. The van der Waals surface area contributed by atoms with Gasteiger partial charge in [-0.05, 0) is 37.8 Å². The Morgan fingerprint density at radius 1 is 1.18 bits per heavy atom. The SMILES string of the molecule is Cl.O=C(NCC1CNC1)c1ccccc1OC1CCCCC1.